The molecule has 0 fully saturated rings. The molecule has 0 amide bonds. The molecule has 0 aliphatic heterocycles. The third-order valence-electron chi connectivity index (χ3n) is 2.07. The maximum absolute atomic E-state index is 11.1. The molecule has 2 aromatic rings. The van der Waals surface area contributed by atoms with Crippen LogP contribution in [-0.4, -0.2) is 5.87 Å². The van der Waals surface area contributed by atoms with E-state index >= 15 is 0 Å². The van der Waals surface area contributed by atoms with Crippen LogP contribution in [-0.2, 0) is 14.6 Å². The molecule has 16 heavy (non-hydrogen) atoms. The van der Waals surface area contributed by atoms with E-state index in [1.807, 2.05) is 30.3 Å². The Labute approximate surface area is 96.5 Å². The maximum atomic E-state index is 11.1. The van der Waals surface area contributed by atoms with E-state index in [1.165, 1.54) is 0 Å². The molecular formula is C13H11O2S-. The molecule has 0 aromatic heterocycles. The van der Waals surface area contributed by atoms with Gasteiger partial charge in [0.1, 0.15) is 11.5 Å². The smallest absolute Gasteiger partial charge is 0.127 e. The zero-order valence-electron chi connectivity index (χ0n) is 8.63. The quantitative estimate of drug-likeness (QED) is 0.599. The lowest BCUT2D eigenvalue weighted by molar-refractivity contribution is 0.482. The Hall–Kier alpha value is -1.74. The van der Waals surface area contributed by atoms with E-state index in [0.717, 1.165) is 11.5 Å². The summed E-state index contributed by atoms with van der Waals surface area (Å²) < 4.78 is 16.7. The van der Waals surface area contributed by atoms with Crippen LogP contribution in [0.1, 0.15) is 0 Å². The summed E-state index contributed by atoms with van der Waals surface area (Å²) in [6.45, 7) is 0. The molecule has 2 rings (SSSR count). The number of para-hydroxylation sites is 1. The first-order valence-corrected chi connectivity index (χ1v) is 6.12. The number of benzene rings is 2. The molecule has 0 unspecified atom stereocenters. The lowest BCUT2D eigenvalue weighted by atomic mass is 10.3. The first-order valence-electron chi connectivity index (χ1n) is 4.80. The van der Waals surface area contributed by atoms with Crippen molar-refractivity contribution in [3.05, 3.63) is 54.6 Å². The summed E-state index contributed by atoms with van der Waals surface area (Å²) in [7, 11) is -1.19. The van der Waals surface area contributed by atoms with Crippen molar-refractivity contribution in [1.29, 1.82) is 0 Å². The number of hydrogen-bond acceptors (Lipinski definition) is 3. The molecule has 0 heterocycles. The summed E-state index contributed by atoms with van der Waals surface area (Å²) in [6.07, 6.45) is 0. The predicted octanol–water partition coefficient (Wildman–Crippen LogP) is 3.23. The predicted molar refractivity (Wildman–Crippen MR) is 66.4 cm³/mol. The molecule has 0 radical (unpaired) electrons. The van der Waals surface area contributed by atoms with Gasteiger partial charge in [-0.3, -0.25) is 10.4 Å². The van der Waals surface area contributed by atoms with Crippen molar-refractivity contribution >= 4 is 16.3 Å². The third-order valence-corrected chi connectivity index (χ3v) is 2.86. The van der Waals surface area contributed by atoms with Gasteiger partial charge >= 0.3 is 0 Å². The highest BCUT2D eigenvalue weighted by molar-refractivity contribution is 7.82. The van der Waals surface area contributed by atoms with Gasteiger partial charge in [-0.1, -0.05) is 30.3 Å². The monoisotopic (exact) mass is 231 g/mol. The average molecular weight is 231 g/mol. The van der Waals surface area contributed by atoms with Crippen molar-refractivity contribution < 1.29 is 8.95 Å². The summed E-state index contributed by atoms with van der Waals surface area (Å²) in [6, 6.07) is 16.6. The molecule has 0 saturated heterocycles. The Balaban J connectivity index is 2.17. The van der Waals surface area contributed by atoms with Crippen LogP contribution in [0.25, 0.3) is 0 Å². The molecule has 0 saturated carbocycles. The van der Waals surface area contributed by atoms with Crippen LogP contribution >= 0.6 is 0 Å². The minimum atomic E-state index is -1.19. The summed E-state index contributed by atoms with van der Waals surface area (Å²) >= 11 is 0. The van der Waals surface area contributed by atoms with E-state index in [0.29, 0.717) is 4.90 Å². The number of hydrogen-bond donors (Lipinski definition) is 0. The molecule has 0 aliphatic rings. The number of ether oxygens (including phenoxy) is 1. The van der Waals surface area contributed by atoms with Gasteiger partial charge in [-0.15, -0.1) is 4.90 Å². The summed E-state index contributed by atoms with van der Waals surface area (Å²) in [4.78, 5) is 0.695. The van der Waals surface area contributed by atoms with Crippen molar-refractivity contribution in [3.63, 3.8) is 0 Å². The molecule has 0 aliphatic carbocycles. The second kappa shape index (κ2) is 4.86. The first kappa shape index (κ1) is 10.8. The zero-order chi connectivity index (χ0) is 11.4. The van der Waals surface area contributed by atoms with Crippen molar-refractivity contribution in [2.75, 3.05) is 0 Å². The molecule has 3 heteroatoms. The van der Waals surface area contributed by atoms with Gasteiger partial charge < -0.3 is 8.95 Å². The highest BCUT2D eigenvalue weighted by Gasteiger charge is 1.94. The van der Waals surface area contributed by atoms with E-state index in [-0.39, 0.29) is 0 Å². The highest BCUT2D eigenvalue weighted by atomic mass is 32.2. The van der Waals surface area contributed by atoms with E-state index in [2.05, 4.69) is 5.87 Å². The Morgan fingerprint density at radius 3 is 2.00 bits per heavy atom. The lowest BCUT2D eigenvalue weighted by Crippen LogP contribution is -1.84. The Morgan fingerprint density at radius 2 is 1.44 bits per heavy atom. The van der Waals surface area contributed by atoms with Gasteiger partial charge in [-0.25, -0.2) is 0 Å². The first-order chi connectivity index (χ1) is 7.75. The Morgan fingerprint density at radius 1 is 0.875 bits per heavy atom. The van der Waals surface area contributed by atoms with Gasteiger partial charge in [0.05, 0.1) is 0 Å². The summed E-state index contributed by atoms with van der Waals surface area (Å²) in [5.74, 6) is 4.96. The topological polar surface area (TPSA) is 26.3 Å². The van der Waals surface area contributed by atoms with Gasteiger partial charge in [0, 0.05) is 0 Å². The van der Waals surface area contributed by atoms with Crippen LogP contribution in [0.5, 0.6) is 11.5 Å². The van der Waals surface area contributed by atoms with E-state index < -0.39 is 10.4 Å². The third kappa shape index (κ3) is 2.64. The van der Waals surface area contributed by atoms with Crippen LogP contribution in [0.4, 0.5) is 0 Å². The van der Waals surface area contributed by atoms with Crippen molar-refractivity contribution in [1.82, 2.24) is 0 Å². The molecule has 0 spiro atoms. The summed E-state index contributed by atoms with van der Waals surface area (Å²) in [5, 5.41) is 0. The van der Waals surface area contributed by atoms with Crippen molar-refractivity contribution in [2.24, 2.45) is 0 Å². The van der Waals surface area contributed by atoms with Crippen LogP contribution in [0.2, 0.25) is 0 Å². The fourth-order valence-corrected chi connectivity index (χ4v) is 1.72. The SMILES string of the molecule is C=[S-](=O)c1ccc(Oc2ccccc2)cc1. The second-order valence-corrected chi connectivity index (χ2v) is 4.39. The average Bonchev–Trinajstić information content (AvgIpc) is 2.31. The van der Waals surface area contributed by atoms with Crippen LogP contribution in [0.15, 0.2) is 59.5 Å². The van der Waals surface area contributed by atoms with Gasteiger partial charge in [0.25, 0.3) is 0 Å². The molecule has 0 N–H and O–H groups in total. The molecule has 0 atom stereocenters. The van der Waals surface area contributed by atoms with Gasteiger partial charge in [-0.2, -0.15) is 5.87 Å². The molecule has 2 nitrogen and oxygen atoms in total. The van der Waals surface area contributed by atoms with E-state index in [1.54, 1.807) is 24.3 Å². The van der Waals surface area contributed by atoms with Gasteiger partial charge in [0.2, 0.25) is 0 Å². The number of rotatable bonds is 3. The Bertz CT molecular complexity index is 520. The van der Waals surface area contributed by atoms with Gasteiger partial charge in [-0.05, 0) is 24.3 Å². The fourth-order valence-electron chi connectivity index (χ4n) is 1.28. The minimum absolute atomic E-state index is 0.695. The van der Waals surface area contributed by atoms with Crippen molar-refractivity contribution in [2.45, 2.75) is 4.90 Å². The normalized spacial score (nSPS) is 10.3. The maximum Gasteiger partial charge on any atom is 0.127 e. The molecular weight excluding hydrogens is 220 g/mol. The second-order valence-electron chi connectivity index (χ2n) is 3.23. The molecule has 0 bridgehead atoms. The van der Waals surface area contributed by atoms with E-state index in [9.17, 15) is 4.21 Å². The standard InChI is InChI=1S/C13H11O2S/c1-16(14)13-9-7-12(8-10-13)15-11-5-3-2-4-6-11/h2-10H,1H2/q-1. The largest absolute Gasteiger partial charge is 0.457 e. The lowest BCUT2D eigenvalue weighted by Gasteiger charge is -2.07. The fraction of sp³-hybridized carbons (Fsp3) is 0. The van der Waals surface area contributed by atoms with Crippen LogP contribution in [0, 0.1) is 0 Å². The van der Waals surface area contributed by atoms with Crippen LogP contribution < -0.4 is 4.74 Å². The highest BCUT2D eigenvalue weighted by Crippen LogP contribution is 2.21. The van der Waals surface area contributed by atoms with Gasteiger partial charge in [0.15, 0.2) is 0 Å². The minimum Gasteiger partial charge on any atom is -0.457 e. The molecule has 82 valence electrons. The Kier molecular flexibility index (Phi) is 3.27. The molecule has 2 aromatic carbocycles. The summed E-state index contributed by atoms with van der Waals surface area (Å²) in [5.41, 5.74) is 0. The van der Waals surface area contributed by atoms with Crippen molar-refractivity contribution in [3.8, 4) is 11.5 Å². The van der Waals surface area contributed by atoms with E-state index in [4.69, 9.17) is 4.74 Å². The zero-order valence-corrected chi connectivity index (χ0v) is 9.44. The van der Waals surface area contributed by atoms with Crippen LogP contribution in [0.3, 0.4) is 0 Å².